The van der Waals surface area contributed by atoms with Crippen molar-refractivity contribution < 1.29 is 4.92 Å². The molecule has 0 heterocycles. The van der Waals surface area contributed by atoms with Crippen LogP contribution < -0.4 is 5.32 Å². The molecule has 178 valence electrons. The normalized spacial score (nSPS) is 18.2. The van der Waals surface area contributed by atoms with Gasteiger partial charge in [0, 0.05) is 24.1 Å². The van der Waals surface area contributed by atoms with Gasteiger partial charge in [-0.15, -0.1) is 0 Å². The molecule has 0 saturated heterocycles. The lowest BCUT2D eigenvalue weighted by Crippen LogP contribution is -2.33. The first-order chi connectivity index (χ1) is 16.5. The summed E-state index contributed by atoms with van der Waals surface area (Å²) >= 11 is 0. The lowest BCUT2D eigenvalue weighted by molar-refractivity contribution is -0.384. The van der Waals surface area contributed by atoms with Gasteiger partial charge in [-0.25, -0.2) is 0 Å². The van der Waals surface area contributed by atoms with Crippen molar-refractivity contribution in [3.05, 3.63) is 111 Å². The van der Waals surface area contributed by atoms with Gasteiger partial charge in [-0.05, 0) is 81.5 Å². The number of non-ortho nitro benzene ring substituents is 1. The van der Waals surface area contributed by atoms with Gasteiger partial charge in [0.2, 0.25) is 0 Å². The van der Waals surface area contributed by atoms with Crippen molar-refractivity contribution in [2.45, 2.75) is 70.3 Å². The van der Waals surface area contributed by atoms with E-state index in [2.05, 4.69) is 67.7 Å². The SMILES string of the molecule is Cc1ccc(C(CCCNC2CCC(c3ccc([N+](=O)[O-])cc3)CC2)c2ccc(C)cc2)cc1. The number of rotatable bonds is 9. The second-order valence-corrected chi connectivity index (χ2v) is 9.87. The van der Waals surface area contributed by atoms with Crippen molar-refractivity contribution >= 4 is 5.69 Å². The van der Waals surface area contributed by atoms with E-state index in [1.165, 1.54) is 40.7 Å². The van der Waals surface area contributed by atoms with Crippen LogP contribution in [-0.2, 0) is 0 Å². The maximum absolute atomic E-state index is 10.9. The molecule has 0 amide bonds. The summed E-state index contributed by atoms with van der Waals surface area (Å²) in [6.45, 7) is 5.33. The number of hydrogen-bond acceptors (Lipinski definition) is 3. The monoisotopic (exact) mass is 456 g/mol. The largest absolute Gasteiger partial charge is 0.314 e. The minimum absolute atomic E-state index is 0.175. The fourth-order valence-electron chi connectivity index (χ4n) is 5.23. The van der Waals surface area contributed by atoms with Gasteiger partial charge in [-0.1, -0.05) is 71.8 Å². The number of nitrogens with one attached hydrogen (secondary N) is 1. The molecule has 0 radical (unpaired) electrons. The summed E-state index contributed by atoms with van der Waals surface area (Å²) in [6.07, 6.45) is 6.91. The van der Waals surface area contributed by atoms with Gasteiger partial charge in [-0.2, -0.15) is 0 Å². The molecule has 0 unspecified atom stereocenters. The van der Waals surface area contributed by atoms with E-state index < -0.39 is 0 Å². The van der Waals surface area contributed by atoms with Crippen LogP contribution in [0.3, 0.4) is 0 Å². The average Bonchev–Trinajstić information content (AvgIpc) is 2.86. The molecule has 4 nitrogen and oxygen atoms in total. The van der Waals surface area contributed by atoms with Crippen molar-refractivity contribution in [3.63, 3.8) is 0 Å². The van der Waals surface area contributed by atoms with E-state index >= 15 is 0 Å². The molecule has 0 spiro atoms. The molecular weight excluding hydrogens is 420 g/mol. The van der Waals surface area contributed by atoms with E-state index in [0.29, 0.717) is 17.9 Å². The van der Waals surface area contributed by atoms with Crippen LogP contribution in [0.1, 0.15) is 78.2 Å². The molecule has 1 N–H and O–H groups in total. The van der Waals surface area contributed by atoms with Crippen molar-refractivity contribution in [1.82, 2.24) is 5.32 Å². The molecule has 1 fully saturated rings. The van der Waals surface area contributed by atoms with Gasteiger partial charge < -0.3 is 5.32 Å². The number of nitro benzene ring substituents is 1. The number of aryl methyl sites for hydroxylation is 2. The highest BCUT2D eigenvalue weighted by Gasteiger charge is 2.22. The Morgan fingerprint density at radius 2 is 1.35 bits per heavy atom. The number of benzene rings is 3. The Balaban J connectivity index is 1.26. The predicted molar refractivity (Wildman–Crippen MR) is 140 cm³/mol. The second-order valence-electron chi connectivity index (χ2n) is 9.87. The molecule has 1 saturated carbocycles. The lowest BCUT2D eigenvalue weighted by atomic mass is 9.81. The smallest absolute Gasteiger partial charge is 0.269 e. The van der Waals surface area contributed by atoms with Crippen molar-refractivity contribution in [3.8, 4) is 0 Å². The first-order valence-electron chi connectivity index (χ1n) is 12.6. The number of nitro groups is 1. The zero-order chi connectivity index (χ0) is 23.9. The topological polar surface area (TPSA) is 55.2 Å². The molecule has 1 aliphatic rings. The lowest BCUT2D eigenvalue weighted by Gasteiger charge is -2.29. The van der Waals surface area contributed by atoms with Crippen LogP contribution in [0.15, 0.2) is 72.8 Å². The molecule has 0 atom stereocenters. The fourth-order valence-corrected chi connectivity index (χ4v) is 5.23. The summed E-state index contributed by atoms with van der Waals surface area (Å²) in [6, 6.07) is 25.7. The fraction of sp³-hybridized carbons (Fsp3) is 0.400. The van der Waals surface area contributed by atoms with Gasteiger partial charge in [0.25, 0.3) is 5.69 Å². The maximum Gasteiger partial charge on any atom is 0.269 e. The maximum atomic E-state index is 10.9. The molecule has 1 aliphatic carbocycles. The Morgan fingerprint density at radius 3 is 1.85 bits per heavy atom. The van der Waals surface area contributed by atoms with Gasteiger partial charge >= 0.3 is 0 Å². The molecule has 0 bridgehead atoms. The zero-order valence-corrected chi connectivity index (χ0v) is 20.4. The molecular formula is C30H36N2O2. The van der Waals surface area contributed by atoms with E-state index in [0.717, 1.165) is 32.2 Å². The standard InChI is InChI=1S/C30H36N2O2/c1-22-5-9-26(10-6-22)30(27-11-7-23(2)8-12-27)4-3-21-31-28-17-13-24(14-18-28)25-15-19-29(20-16-25)32(33)34/h5-12,15-16,19-20,24,28,30-31H,3-4,13-14,17-18,21H2,1-2H3. The van der Waals surface area contributed by atoms with Crippen LogP contribution in [0, 0.1) is 24.0 Å². The van der Waals surface area contributed by atoms with Gasteiger partial charge in [0.05, 0.1) is 4.92 Å². The Hall–Kier alpha value is -2.98. The summed E-state index contributed by atoms with van der Waals surface area (Å²) in [5, 5.41) is 14.7. The summed E-state index contributed by atoms with van der Waals surface area (Å²) < 4.78 is 0. The van der Waals surface area contributed by atoms with E-state index in [1.807, 2.05) is 12.1 Å². The molecule has 34 heavy (non-hydrogen) atoms. The van der Waals surface area contributed by atoms with Gasteiger partial charge in [0.15, 0.2) is 0 Å². The van der Waals surface area contributed by atoms with Gasteiger partial charge in [-0.3, -0.25) is 10.1 Å². The quantitative estimate of drug-likeness (QED) is 0.207. The predicted octanol–water partition coefficient (Wildman–Crippen LogP) is 7.44. The molecule has 3 aromatic carbocycles. The molecule has 4 rings (SSSR count). The number of nitrogens with zero attached hydrogens (tertiary/aromatic N) is 1. The third kappa shape index (κ3) is 6.32. The Morgan fingerprint density at radius 1 is 0.824 bits per heavy atom. The number of hydrogen-bond donors (Lipinski definition) is 1. The summed E-state index contributed by atoms with van der Waals surface area (Å²) in [4.78, 5) is 10.6. The van der Waals surface area contributed by atoms with Crippen molar-refractivity contribution in [2.75, 3.05) is 6.54 Å². The van der Waals surface area contributed by atoms with Crippen molar-refractivity contribution in [1.29, 1.82) is 0 Å². The Labute approximate surface area is 203 Å². The van der Waals surface area contributed by atoms with Crippen LogP contribution >= 0.6 is 0 Å². The molecule has 4 heteroatoms. The van der Waals surface area contributed by atoms with E-state index in [9.17, 15) is 10.1 Å². The van der Waals surface area contributed by atoms with Crippen LogP contribution in [0.25, 0.3) is 0 Å². The average molecular weight is 457 g/mol. The highest BCUT2D eigenvalue weighted by atomic mass is 16.6. The van der Waals surface area contributed by atoms with Crippen LogP contribution in [0.4, 0.5) is 5.69 Å². The third-order valence-corrected chi connectivity index (χ3v) is 7.36. The summed E-state index contributed by atoms with van der Waals surface area (Å²) in [5.74, 6) is 0.951. The zero-order valence-electron chi connectivity index (χ0n) is 20.4. The second kappa shape index (κ2) is 11.4. The van der Waals surface area contributed by atoms with Crippen LogP contribution in [0.5, 0.6) is 0 Å². The summed E-state index contributed by atoms with van der Waals surface area (Å²) in [7, 11) is 0. The highest BCUT2D eigenvalue weighted by molar-refractivity contribution is 5.36. The molecule has 0 aliphatic heterocycles. The molecule has 3 aromatic rings. The first kappa shape index (κ1) is 24.2. The third-order valence-electron chi connectivity index (χ3n) is 7.36. The van der Waals surface area contributed by atoms with Crippen LogP contribution in [-0.4, -0.2) is 17.5 Å². The minimum Gasteiger partial charge on any atom is -0.314 e. The van der Waals surface area contributed by atoms with E-state index in [4.69, 9.17) is 0 Å². The van der Waals surface area contributed by atoms with Gasteiger partial charge in [0.1, 0.15) is 0 Å². The van der Waals surface area contributed by atoms with Crippen molar-refractivity contribution in [2.24, 2.45) is 0 Å². The first-order valence-corrected chi connectivity index (χ1v) is 12.6. The Kier molecular flexibility index (Phi) is 8.12. The Bertz CT molecular complexity index is 1000. The van der Waals surface area contributed by atoms with Crippen LogP contribution in [0.2, 0.25) is 0 Å². The minimum atomic E-state index is -0.327. The van der Waals surface area contributed by atoms with E-state index in [1.54, 1.807) is 12.1 Å². The van der Waals surface area contributed by atoms with E-state index in [-0.39, 0.29) is 10.6 Å². The molecule has 0 aromatic heterocycles. The highest BCUT2D eigenvalue weighted by Crippen LogP contribution is 2.34. The summed E-state index contributed by atoms with van der Waals surface area (Å²) in [5.41, 5.74) is 6.82.